The van der Waals surface area contributed by atoms with E-state index in [1.165, 1.54) is 3.97 Å². The van der Waals surface area contributed by atoms with Crippen LogP contribution in [0.2, 0.25) is 0 Å². The van der Waals surface area contributed by atoms with E-state index < -0.39 is 10.0 Å². The second-order valence-corrected chi connectivity index (χ2v) is 9.31. The summed E-state index contributed by atoms with van der Waals surface area (Å²) in [6, 6.07) is 15.9. The van der Waals surface area contributed by atoms with Crippen molar-refractivity contribution in [3.8, 4) is 0 Å². The fraction of sp³-hybridized carbons (Fsp3) is 0.227. The highest BCUT2D eigenvalue weighted by atomic mass is 32.2. The van der Waals surface area contributed by atoms with Crippen molar-refractivity contribution in [1.29, 1.82) is 0 Å². The number of piperidine rings is 3. The lowest BCUT2D eigenvalue weighted by molar-refractivity contribution is 0.229. The van der Waals surface area contributed by atoms with Gasteiger partial charge in [-0.3, -0.25) is 0 Å². The minimum Gasteiger partial charge on any atom is -0.411 e. The van der Waals surface area contributed by atoms with E-state index in [1.807, 2.05) is 30.3 Å². The van der Waals surface area contributed by atoms with Crippen molar-refractivity contribution < 1.29 is 13.6 Å². The summed E-state index contributed by atoms with van der Waals surface area (Å²) in [6.45, 7) is 1.85. The van der Waals surface area contributed by atoms with E-state index in [-0.39, 0.29) is 10.8 Å². The minimum absolute atomic E-state index is 0.248. The van der Waals surface area contributed by atoms with Crippen LogP contribution in [-0.2, 0) is 10.0 Å². The molecule has 148 valence electrons. The number of oxime groups is 1. The quantitative estimate of drug-likeness (QED) is 0.530. The van der Waals surface area contributed by atoms with Crippen LogP contribution in [-0.4, -0.2) is 41.3 Å². The van der Waals surface area contributed by atoms with Crippen LogP contribution in [0.25, 0.3) is 17.0 Å². The number of hydrogen-bond donors (Lipinski definition) is 1. The van der Waals surface area contributed by atoms with E-state index in [4.69, 9.17) is 0 Å². The number of allylic oxidation sites excluding steroid dienone is 1. The van der Waals surface area contributed by atoms with E-state index in [9.17, 15) is 13.6 Å². The van der Waals surface area contributed by atoms with E-state index in [0.29, 0.717) is 11.2 Å². The zero-order chi connectivity index (χ0) is 20.0. The molecular formula is C22H21N3O3S. The van der Waals surface area contributed by atoms with E-state index in [1.54, 1.807) is 36.5 Å². The Hall–Kier alpha value is -3.06. The number of nitrogens with zero attached hydrogens (tertiary/aromatic N) is 3. The first-order valence-electron chi connectivity index (χ1n) is 9.69. The van der Waals surface area contributed by atoms with Crippen LogP contribution < -0.4 is 0 Å². The fourth-order valence-corrected chi connectivity index (χ4v) is 5.80. The fourth-order valence-electron chi connectivity index (χ4n) is 4.41. The Labute approximate surface area is 169 Å². The van der Waals surface area contributed by atoms with Gasteiger partial charge in [-0.05, 0) is 37.1 Å². The molecule has 2 bridgehead atoms. The molecule has 0 saturated carbocycles. The minimum atomic E-state index is -3.72. The molecule has 0 aliphatic carbocycles. The average molecular weight is 407 g/mol. The van der Waals surface area contributed by atoms with Crippen molar-refractivity contribution in [1.82, 2.24) is 8.87 Å². The molecule has 3 aliphatic rings. The van der Waals surface area contributed by atoms with Gasteiger partial charge in [-0.25, -0.2) is 12.4 Å². The maximum atomic E-state index is 13.3. The first kappa shape index (κ1) is 18.0. The van der Waals surface area contributed by atoms with Crippen molar-refractivity contribution in [3.05, 3.63) is 72.1 Å². The number of para-hydroxylation sites is 1. The second kappa shape index (κ2) is 6.77. The first-order valence-corrected chi connectivity index (χ1v) is 11.1. The van der Waals surface area contributed by atoms with Crippen molar-refractivity contribution in [3.63, 3.8) is 0 Å². The van der Waals surface area contributed by atoms with Gasteiger partial charge in [-0.15, -0.1) is 0 Å². The SMILES string of the molecule is O=S(=O)(c1ccccc1)n1cc(/C=C2/C(=N/O)C3CCN2CC3)c2ccccc21. The van der Waals surface area contributed by atoms with Crippen LogP contribution in [0.15, 0.2) is 76.5 Å². The van der Waals surface area contributed by atoms with Gasteiger partial charge in [0.15, 0.2) is 0 Å². The lowest BCUT2D eigenvalue weighted by Crippen LogP contribution is -2.46. The number of rotatable bonds is 3. The highest BCUT2D eigenvalue weighted by molar-refractivity contribution is 7.90. The van der Waals surface area contributed by atoms with E-state index in [2.05, 4.69) is 10.1 Å². The van der Waals surface area contributed by atoms with E-state index >= 15 is 0 Å². The molecule has 3 fully saturated rings. The Balaban J connectivity index is 1.70. The molecule has 3 aliphatic heterocycles. The third-order valence-electron chi connectivity index (χ3n) is 5.89. The molecule has 2 aromatic carbocycles. The molecule has 0 unspecified atom stereocenters. The number of hydrogen-bond acceptors (Lipinski definition) is 5. The zero-order valence-corrected chi connectivity index (χ0v) is 16.6. The predicted molar refractivity (Wildman–Crippen MR) is 112 cm³/mol. The predicted octanol–water partition coefficient (Wildman–Crippen LogP) is 3.78. The van der Waals surface area contributed by atoms with Crippen LogP contribution in [0.4, 0.5) is 0 Å². The molecule has 1 N–H and O–H groups in total. The first-order chi connectivity index (χ1) is 14.1. The van der Waals surface area contributed by atoms with Gasteiger partial charge in [0.25, 0.3) is 10.0 Å². The third kappa shape index (κ3) is 2.84. The standard InChI is InChI=1S/C22H21N3O3S/c26-23-22-16-10-12-24(13-11-16)21(22)14-17-15-25(20-9-5-4-8-19(17)20)29(27,28)18-6-2-1-3-7-18/h1-9,14-16,26H,10-13H2/b21-14-,23-22+. The zero-order valence-electron chi connectivity index (χ0n) is 15.8. The molecule has 3 saturated heterocycles. The normalized spacial score (nSPS) is 20.2. The summed E-state index contributed by atoms with van der Waals surface area (Å²) in [5, 5.41) is 14.0. The summed E-state index contributed by atoms with van der Waals surface area (Å²) < 4.78 is 27.9. The maximum absolute atomic E-state index is 13.3. The monoisotopic (exact) mass is 407 g/mol. The molecule has 0 amide bonds. The van der Waals surface area contributed by atoms with Crippen molar-refractivity contribution in [2.45, 2.75) is 17.7 Å². The molecule has 6 rings (SSSR count). The van der Waals surface area contributed by atoms with Crippen LogP contribution >= 0.6 is 0 Å². The highest BCUT2D eigenvalue weighted by Gasteiger charge is 2.35. The molecule has 0 spiro atoms. The van der Waals surface area contributed by atoms with E-state index in [0.717, 1.165) is 42.6 Å². The summed E-state index contributed by atoms with van der Waals surface area (Å²) in [5.74, 6) is 0.262. The molecule has 4 heterocycles. The van der Waals surface area contributed by atoms with Crippen LogP contribution in [0.3, 0.4) is 0 Å². The average Bonchev–Trinajstić information content (AvgIpc) is 3.14. The van der Waals surface area contributed by atoms with Gasteiger partial charge in [0.2, 0.25) is 0 Å². The van der Waals surface area contributed by atoms with Crippen LogP contribution in [0.5, 0.6) is 0 Å². The summed E-state index contributed by atoms with van der Waals surface area (Å²) >= 11 is 0. The Morgan fingerprint density at radius 3 is 2.41 bits per heavy atom. The summed E-state index contributed by atoms with van der Waals surface area (Å²) in [7, 11) is -3.72. The molecule has 7 heteroatoms. The lowest BCUT2D eigenvalue weighted by atomic mass is 9.83. The largest absolute Gasteiger partial charge is 0.411 e. The molecule has 6 nitrogen and oxygen atoms in total. The van der Waals surface area contributed by atoms with Gasteiger partial charge in [0, 0.05) is 36.2 Å². The Morgan fingerprint density at radius 1 is 1.00 bits per heavy atom. The summed E-state index contributed by atoms with van der Waals surface area (Å²) in [4.78, 5) is 2.46. The number of benzene rings is 2. The van der Waals surface area contributed by atoms with Crippen molar-refractivity contribution in [2.75, 3.05) is 13.1 Å². The smallest absolute Gasteiger partial charge is 0.268 e. The molecule has 29 heavy (non-hydrogen) atoms. The topological polar surface area (TPSA) is 74.9 Å². The van der Waals surface area contributed by atoms with Gasteiger partial charge >= 0.3 is 0 Å². The van der Waals surface area contributed by atoms with Gasteiger partial charge in [0.05, 0.1) is 16.1 Å². The second-order valence-electron chi connectivity index (χ2n) is 7.49. The summed E-state index contributed by atoms with van der Waals surface area (Å²) in [6.07, 6.45) is 5.60. The van der Waals surface area contributed by atoms with Crippen molar-refractivity contribution >= 4 is 32.7 Å². The molecule has 1 aromatic heterocycles. The maximum Gasteiger partial charge on any atom is 0.268 e. The van der Waals surface area contributed by atoms with Gasteiger partial charge in [-0.2, -0.15) is 0 Å². The van der Waals surface area contributed by atoms with Crippen LogP contribution in [0.1, 0.15) is 18.4 Å². The van der Waals surface area contributed by atoms with Gasteiger partial charge < -0.3 is 10.1 Å². The molecule has 0 atom stereocenters. The Kier molecular flexibility index (Phi) is 4.20. The Morgan fingerprint density at radius 2 is 1.69 bits per heavy atom. The lowest BCUT2D eigenvalue weighted by Gasteiger charge is -2.42. The summed E-state index contributed by atoms with van der Waals surface area (Å²) in [5.41, 5.74) is 3.01. The van der Waals surface area contributed by atoms with Gasteiger partial charge in [0.1, 0.15) is 5.71 Å². The van der Waals surface area contributed by atoms with Gasteiger partial charge in [-0.1, -0.05) is 41.6 Å². The number of aromatic nitrogens is 1. The third-order valence-corrected chi connectivity index (χ3v) is 7.58. The van der Waals surface area contributed by atoms with Crippen molar-refractivity contribution in [2.24, 2.45) is 11.1 Å². The molecule has 0 radical (unpaired) electrons. The highest BCUT2D eigenvalue weighted by Crippen LogP contribution is 2.35. The van der Waals surface area contributed by atoms with Crippen LogP contribution in [0, 0.1) is 5.92 Å². The number of fused-ring (bicyclic) bond motifs is 4. The molecular weight excluding hydrogens is 386 g/mol. The Bertz CT molecular complexity index is 1230. The molecule has 3 aromatic rings.